The first-order valence-corrected chi connectivity index (χ1v) is 40.6. The summed E-state index contributed by atoms with van der Waals surface area (Å²) >= 11 is 16.7. The number of carbonyl (C=O) groups is 9. The summed E-state index contributed by atoms with van der Waals surface area (Å²) in [6, 6.07) is 18.3. The van der Waals surface area contributed by atoms with Crippen molar-refractivity contribution < 1.29 is 127 Å². The highest BCUT2D eigenvalue weighted by molar-refractivity contribution is 14.1. The number of nitrogens with one attached hydrogen (secondary N) is 8. The second kappa shape index (κ2) is 36.0. The van der Waals surface area contributed by atoms with E-state index in [0.717, 1.165) is 65.7 Å². The van der Waals surface area contributed by atoms with Gasteiger partial charge in [-0.25, -0.2) is 4.79 Å². The molecule has 2 saturated heterocycles. The van der Waals surface area contributed by atoms with E-state index >= 15 is 24.0 Å². The number of hydrogen-bond acceptors (Lipinski definition) is 26. The second-order valence-corrected chi connectivity index (χ2v) is 32.5. The number of nitrogens with two attached hydrogens (primary N) is 1. The molecular formula is C86H80Cl2IN9O26. The molecule has 38 heteroatoms. The number of carboxylic acid groups (broad SMARTS) is 1. The molecule has 646 valence electrons. The normalized spacial score (nSPS) is 26.2. The number of carboxylic acids is 1. The SMILES string of the molecule is CC(=O)NC1C(O)[C@H](O)C(CO)O[C@H]1O[C@@H]1c2ccc(c(Cl)c2)Oc2cc3cc(c2O[C@@H]2OC(CO)[C@@H](O)C(O)C2NC(=O)CCc2ccc4ccccc4c2)Oc2ccc(cc2Cl)C[C@H]2NC(=O)[C@H](N)c4ccc(O)c(c4)Oc4cc(O)cc(c4)[C@H](NC2=O)C(=O)N[C@H]3C(=O)N[C@H]2C(=O)N[C@@H]1C(=O)N[C@H](C(=O)O)c1cc(O)cc(C)c1-c1cc2ccc1I. The molecule has 18 atom stereocenters. The van der Waals surface area contributed by atoms with Crippen molar-refractivity contribution in [3.05, 3.63) is 221 Å². The Morgan fingerprint density at radius 2 is 1.15 bits per heavy atom. The minimum absolute atomic E-state index is 0.0660. The van der Waals surface area contributed by atoms with Gasteiger partial charge >= 0.3 is 5.97 Å². The number of aliphatic hydroxyl groups excluding tert-OH is 6. The molecule has 17 rings (SSSR count). The molecule has 6 unspecified atom stereocenters. The van der Waals surface area contributed by atoms with Crippen LogP contribution in [0.5, 0.6) is 57.5 Å². The van der Waals surface area contributed by atoms with Crippen molar-refractivity contribution in [1.29, 1.82) is 0 Å². The van der Waals surface area contributed by atoms with Crippen LogP contribution in [0.1, 0.15) is 99.7 Å². The minimum atomic E-state index is -2.38. The van der Waals surface area contributed by atoms with E-state index in [-0.39, 0.29) is 85.2 Å². The molecule has 9 aromatic carbocycles. The molecule has 0 aromatic heterocycles. The first-order valence-electron chi connectivity index (χ1n) is 38.8. The van der Waals surface area contributed by atoms with Crippen molar-refractivity contribution in [2.45, 2.75) is 143 Å². The fraction of sp³-hybridized carbons (Fsp3) is 0.291. The fourth-order valence-corrected chi connectivity index (χ4v) is 16.9. The molecule has 8 aliphatic rings. The van der Waals surface area contributed by atoms with Crippen molar-refractivity contribution in [1.82, 2.24) is 42.5 Å². The molecule has 8 amide bonds. The van der Waals surface area contributed by atoms with Crippen LogP contribution in [0.2, 0.25) is 10.0 Å². The number of carbonyl (C=O) groups excluding carboxylic acids is 8. The van der Waals surface area contributed by atoms with E-state index in [1.165, 1.54) is 79.7 Å². The first kappa shape index (κ1) is 86.9. The van der Waals surface area contributed by atoms with Crippen molar-refractivity contribution in [2.75, 3.05) is 13.2 Å². The zero-order valence-electron chi connectivity index (χ0n) is 65.2. The van der Waals surface area contributed by atoms with Gasteiger partial charge in [-0.15, -0.1) is 0 Å². The number of ether oxygens (including phenoxy) is 7. The van der Waals surface area contributed by atoms with Gasteiger partial charge in [0.2, 0.25) is 59.3 Å². The number of hydrogen-bond donors (Lipinski definition) is 19. The van der Waals surface area contributed by atoms with Gasteiger partial charge in [0.15, 0.2) is 35.3 Å². The standard InChI is InChI=1S/C86H80Cl2IN9O26/c1-34-19-45(102)31-49-63(34)48-25-41(11-14-52(48)89)65-80(112)98-71(83(115)97-68(49)84(116)117)76(123-85-69(91-35(2)101)74(108)72(106)60(32-99)121-85)42-13-17-56(51(88)26-42)120-59-29-44-28-58(77(59)124-86-70(75(109)73(107)61(33-100)122-86)93-62(105)18-9-36-7-10-38-5-3-4-6-39(38)20-36)119-55-16-8-37(21-50(55)87)22-53-78(110)94-66(81(113)96-67(44)82(114)95-65)43-23-46(103)30-47(24-43)118-57-27-40(12-15-54(57)104)64(90)79(111)92-53/h3-8,10-17,19-21,23-31,53,60-61,64-76,85-86,99-100,102-104,106-109H,9,18,22,32-33,90H2,1-2H3,(H,91,101)(H,92,111)(H,93,105)(H,94,110)(H,95,114)(H,96,113)(H,97,115)(H,98,112)(H,116,117)/t53-,60?,61?,64-,65-,66+,67-,68+,69?,70?,71+,72-,73-,74?,75?,76-,85+,86+/m1/s1. The summed E-state index contributed by atoms with van der Waals surface area (Å²) in [7, 11) is 0. The fourth-order valence-electron chi connectivity index (χ4n) is 15.8. The van der Waals surface area contributed by atoms with Gasteiger partial charge in [0.1, 0.15) is 120 Å². The zero-order valence-corrected chi connectivity index (χ0v) is 68.8. The van der Waals surface area contributed by atoms with Gasteiger partial charge in [-0.05, 0) is 193 Å². The van der Waals surface area contributed by atoms with Crippen LogP contribution in [0.15, 0.2) is 158 Å². The van der Waals surface area contributed by atoms with E-state index in [1.807, 2.05) is 65.1 Å². The maximum Gasteiger partial charge on any atom is 0.330 e. The molecule has 0 radical (unpaired) electrons. The molecule has 20 N–H and O–H groups in total. The van der Waals surface area contributed by atoms with Crippen molar-refractivity contribution in [3.8, 4) is 68.6 Å². The molecular weight excluding hydrogens is 1770 g/mol. The first-order chi connectivity index (χ1) is 59.3. The molecule has 35 nitrogen and oxygen atoms in total. The third kappa shape index (κ3) is 18.1. The number of aryl methyl sites for hydroxylation is 2. The van der Waals surface area contributed by atoms with Crippen molar-refractivity contribution in [3.63, 3.8) is 0 Å². The van der Waals surface area contributed by atoms with Crippen LogP contribution in [0.25, 0.3) is 21.9 Å². The summed E-state index contributed by atoms with van der Waals surface area (Å²) in [4.78, 5) is 137. The Labute approximate surface area is 727 Å². The molecule has 0 aliphatic carbocycles. The number of rotatable bonds is 12. The van der Waals surface area contributed by atoms with Gasteiger partial charge in [-0.1, -0.05) is 89.9 Å². The highest BCUT2D eigenvalue weighted by atomic mass is 127. The Bertz CT molecular complexity index is 5790. The Morgan fingerprint density at radius 1 is 0.556 bits per heavy atom. The Hall–Kier alpha value is -12.0. The summed E-state index contributed by atoms with van der Waals surface area (Å²) < 4.78 is 46.2. The molecule has 0 spiro atoms. The van der Waals surface area contributed by atoms with Crippen molar-refractivity contribution >= 4 is 110 Å². The highest BCUT2D eigenvalue weighted by Crippen LogP contribution is 2.50. The quantitative estimate of drug-likeness (QED) is 0.0728. The molecule has 2 fully saturated rings. The summed E-state index contributed by atoms with van der Waals surface area (Å²) in [6.07, 6.45) is -18.2. The lowest BCUT2D eigenvalue weighted by Crippen LogP contribution is -2.65. The van der Waals surface area contributed by atoms with Gasteiger partial charge in [0.25, 0.3) is 0 Å². The highest BCUT2D eigenvalue weighted by Gasteiger charge is 2.51. The number of amides is 8. The van der Waals surface area contributed by atoms with E-state index < -0.39 is 233 Å². The predicted octanol–water partition coefficient (Wildman–Crippen LogP) is 4.84. The van der Waals surface area contributed by atoms with Gasteiger partial charge in [-0.2, -0.15) is 0 Å². The molecule has 8 heterocycles. The zero-order chi connectivity index (χ0) is 88.1. The summed E-state index contributed by atoms with van der Waals surface area (Å²) in [5.74, 6) is -15.7. The third-order valence-electron chi connectivity index (χ3n) is 22.0. The van der Waals surface area contributed by atoms with E-state index in [2.05, 4.69) is 42.5 Å². The van der Waals surface area contributed by atoms with Crippen LogP contribution in [0.4, 0.5) is 0 Å². The average molecular weight is 1850 g/mol. The molecule has 8 aliphatic heterocycles. The van der Waals surface area contributed by atoms with E-state index in [0.29, 0.717) is 3.57 Å². The maximum atomic E-state index is 16.9. The predicted molar refractivity (Wildman–Crippen MR) is 444 cm³/mol. The van der Waals surface area contributed by atoms with Crippen LogP contribution in [-0.4, -0.2) is 191 Å². The Balaban J connectivity index is 0.973. The van der Waals surface area contributed by atoms with Crippen LogP contribution in [-0.2, 0) is 70.2 Å². The van der Waals surface area contributed by atoms with E-state index in [4.69, 9.17) is 62.1 Å². The minimum Gasteiger partial charge on any atom is -0.508 e. The number of phenols is 3. The maximum absolute atomic E-state index is 16.9. The van der Waals surface area contributed by atoms with Gasteiger partial charge < -0.3 is 132 Å². The van der Waals surface area contributed by atoms with Crippen molar-refractivity contribution in [2.24, 2.45) is 5.73 Å². The monoisotopic (exact) mass is 1850 g/mol. The van der Waals surface area contributed by atoms with Crippen LogP contribution in [0.3, 0.4) is 0 Å². The number of benzene rings is 9. The van der Waals surface area contributed by atoms with Crippen LogP contribution < -0.4 is 67.2 Å². The van der Waals surface area contributed by atoms with Crippen LogP contribution in [0, 0.1) is 10.5 Å². The van der Waals surface area contributed by atoms with Gasteiger partial charge in [0.05, 0.1) is 23.3 Å². The van der Waals surface area contributed by atoms with Gasteiger partial charge in [0, 0.05) is 29.4 Å². The number of phenolic OH excluding ortho intramolecular Hbond substituents is 3. The lowest BCUT2D eigenvalue weighted by molar-refractivity contribution is -0.284. The van der Waals surface area contributed by atoms with Crippen LogP contribution >= 0.6 is 45.8 Å². The van der Waals surface area contributed by atoms with E-state index in [1.54, 1.807) is 0 Å². The number of aliphatic carboxylic acids is 1. The summed E-state index contributed by atoms with van der Waals surface area (Å²) in [5, 5.41) is 136. The number of halogens is 3. The molecule has 0 saturated carbocycles. The Morgan fingerprint density at radius 3 is 1.81 bits per heavy atom. The third-order valence-corrected chi connectivity index (χ3v) is 23.5. The lowest BCUT2D eigenvalue weighted by Gasteiger charge is -2.44. The largest absolute Gasteiger partial charge is 0.508 e. The van der Waals surface area contributed by atoms with E-state index in [9.17, 15) is 70.2 Å². The average Bonchev–Trinajstić information content (AvgIpc) is 0.761. The van der Waals surface area contributed by atoms with Gasteiger partial charge in [-0.3, -0.25) is 38.4 Å². The molecule has 9 aromatic rings. The number of fused-ring (bicyclic) bond motifs is 15. The Kier molecular flexibility index (Phi) is 25.3. The summed E-state index contributed by atoms with van der Waals surface area (Å²) in [5.41, 5.74) is 6.56. The number of aromatic hydroxyl groups is 3. The lowest BCUT2D eigenvalue weighted by atomic mass is 9.88. The topological polar surface area (TPSA) is 543 Å². The summed E-state index contributed by atoms with van der Waals surface area (Å²) in [6.45, 7) is 0.539. The molecule has 17 bridgehead atoms. The second-order valence-electron chi connectivity index (χ2n) is 30.5. The smallest absolute Gasteiger partial charge is 0.330 e. The number of aliphatic hydroxyl groups is 6. The molecule has 124 heavy (non-hydrogen) atoms.